The van der Waals surface area contributed by atoms with E-state index in [2.05, 4.69) is 4.98 Å². The summed E-state index contributed by atoms with van der Waals surface area (Å²) in [6, 6.07) is 10.0. The van der Waals surface area contributed by atoms with Crippen LogP contribution in [-0.2, 0) is 6.54 Å². The van der Waals surface area contributed by atoms with Gasteiger partial charge in [0, 0.05) is 10.0 Å². The highest BCUT2D eigenvalue weighted by Crippen LogP contribution is 2.27. The highest BCUT2D eigenvalue weighted by atomic mass is 35.5. The van der Waals surface area contributed by atoms with E-state index in [0.29, 0.717) is 38.3 Å². The molecule has 0 saturated heterocycles. The van der Waals surface area contributed by atoms with E-state index in [1.165, 1.54) is 10.9 Å². The van der Waals surface area contributed by atoms with Crippen LogP contribution < -0.4 is 10.3 Å². The van der Waals surface area contributed by atoms with Crippen LogP contribution in [0.5, 0.6) is 5.75 Å². The lowest BCUT2D eigenvalue weighted by molar-refractivity contribution is 0.296. The Morgan fingerprint density at radius 1 is 1.04 bits per heavy atom. The quantitative estimate of drug-likeness (QED) is 0.683. The third-order valence-electron chi connectivity index (χ3n) is 3.27. The van der Waals surface area contributed by atoms with Crippen molar-refractivity contribution in [2.75, 3.05) is 6.61 Å². The molecule has 118 valence electrons. The van der Waals surface area contributed by atoms with Gasteiger partial charge in [0.25, 0.3) is 5.56 Å². The molecule has 3 aromatic rings. The van der Waals surface area contributed by atoms with E-state index in [4.69, 9.17) is 39.5 Å². The fourth-order valence-corrected chi connectivity index (χ4v) is 2.77. The van der Waals surface area contributed by atoms with Crippen molar-refractivity contribution in [2.24, 2.45) is 0 Å². The van der Waals surface area contributed by atoms with Gasteiger partial charge in [0.2, 0.25) is 0 Å². The summed E-state index contributed by atoms with van der Waals surface area (Å²) in [4.78, 5) is 16.6. The topological polar surface area (TPSA) is 44.1 Å². The summed E-state index contributed by atoms with van der Waals surface area (Å²) < 4.78 is 7.06. The molecule has 0 spiro atoms. The second kappa shape index (κ2) is 6.79. The molecule has 1 aromatic heterocycles. The number of halogens is 3. The minimum atomic E-state index is -0.164. The number of ether oxygens (including phenoxy) is 1. The molecule has 0 aliphatic carbocycles. The zero-order valence-corrected chi connectivity index (χ0v) is 14.1. The van der Waals surface area contributed by atoms with Crippen LogP contribution in [0.3, 0.4) is 0 Å². The molecule has 4 nitrogen and oxygen atoms in total. The number of rotatable bonds is 4. The summed E-state index contributed by atoms with van der Waals surface area (Å²) in [7, 11) is 0. The predicted octanol–water partition coefficient (Wildman–Crippen LogP) is 4.44. The van der Waals surface area contributed by atoms with E-state index >= 15 is 0 Å². The molecule has 3 rings (SSSR count). The summed E-state index contributed by atoms with van der Waals surface area (Å²) >= 11 is 17.8. The molecular weight excluding hydrogens is 359 g/mol. The van der Waals surface area contributed by atoms with Crippen LogP contribution in [0.2, 0.25) is 15.1 Å². The second-order valence-corrected chi connectivity index (χ2v) is 6.11. The Bertz CT molecular complexity index is 925. The molecule has 1 heterocycles. The van der Waals surface area contributed by atoms with Gasteiger partial charge < -0.3 is 4.74 Å². The first kappa shape index (κ1) is 16.1. The third kappa shape index (κ3) is 3.61. The van der Waals surface area contributed by atoms with Gasteiger partial charge in [-0.15, -0.1) is 0 Å². The molecule has 0 radical (unpaired) electrons. The summed E-state index contributed by atoms with van der Waals surface area (Å²) in [5.41, 5.74) is 0.445. The Labute approximate surface area is 147 Å². The van der Waals surface area contributed by atoms with Crippen molar-refractivity contribution in [3.05, 3.63) is 68.1 Å². The minimum Gasteiger partial charge on any atom is -0.490 e. The van der Waals surface area contributed by atoms with Gasteiger partial charge in [0.05, 0.1) is 28.8 Å². The highest BCUT2D eigenvalue weighted by Gasteiger charge is 2.06. The number of fused-ring (bicyclic) bond motifs is 1. The number of nitrogens with zero attached hydrogens (tertiary/aromatic N) is 2. The van der Waals surface area contributed by atoms with Crippen LogP contribution in [0.25, 0.3) is 10.9 Å². The van der Waals surface area contributed by atoms with Crippen LogP contribution in [0.1, 0.15) is 0 Å². The van der Waals surface area contributed by atoms with E-state index in [-0.39, 0.29) is 12.2 Å². The van der Waals surface area contributed by atoms with Crippen molar-refractivity contribution in [1.29, 1.82) is 0 Å². The van der Waals surface area contributed by atoms with Gasteiger partial charge in [-0.3, -0.25) is 9.36 Å². The molecule has 0 unspecified atom stereocenters. The maximum atomic E-state index is 12.4. The van der Waals surface area contributed by atoms with Crippen molar-refractivity contribution < 1.29 is 4.74 Å². The Balaban J connectivity index is 1.77. The van der Waals surface area contributed by atoms with Crippen LogP contribution in [0.15, 0.2) is 47.5 Å². The lowest BCUT2D eigenvalue weighted by Gasteiger charge is -2.10. The van der Waals surface area contributed by atoms with Gasteiger partial charge in [-0.1, -0.05) is 34.8 Å². The molecule has 0 bridgehead atoms. The molecule has 0 aliphatic heterocycles. The van der Waals surface area contributed by atoms with Crippen LogP contribution in [0, 0.1) is 0 Å². The number of hydrogen-bond acceptors (Lipinski definition) is 3. The Morgan fingerprint density at radius 2 is 1.78 bits per heavy atom. The number of benzene rings is 2. The predicted molar refractivity (Wildman–Crippen MR) is 93.0 cm³/mol. The third-order valence-corrected chi connectivity index (χ3v) is 4.04. The maximum Gasteiger partial charge on any atom is 0.261 e. The molecule has 23 heavy (non-hydrogen) atoms. The second-order valence-electron chi connectivity index (χ2n) is 4.83. The summed E-state index contributed by atoms with van der Waals surface area (Å²) in [5.74, 6) is 0.515. The van der Waals surface area contributed by atoms with Crippen molar-refractivity contribution in [1.82, 2.24) is 9.55 Å². The highest BCUT2D eigenvalue weighted by molar-refractivity contribution is 6.35. The average Bonchev–Trinajstić information content (AvgIpc) is 2.52. The van der Waals surface area contributed by atoms with E-state index in [1.807, 2.05) is 0 Å². The molecule has 0 amide bonds. The molecule has 0 fully saturated rings. The standard InChI is InChI=1S/C16H11Cl3N2O2/c17-10-1-3-14-12(7-10)16(22)21(9-20-14)5-6-23-15-4-2-11(18)8-13(15)19/h1-4,7-9H,5-6H2. The normalized spacial score (nSPS) is 10.9. The van der Waals surface area contributed by atoms with Crippen LogP contribution in [-0.4, -0.2) is 16.2 Å². The molecule has 0 aliphatic rings. The van der Waals surface area contributed by atoms with Gasteiger partial charge in [0.15, 0.2) is 0 Å². The summed E-state index contributed by atoms with van der Waals surface area (Å²) in [5, 5.41) is 1.94. The average molecular weight is 370 g/mol. The van der Waals surface area contributed by atoms with E-state index in [9.17, 15) is 4.79 Å². The maximum absolute atomic E-state index is 12.4. The Kier molecular flexibility index (Phi) is 4.76. The van der Waals surface area contributed by atoms with Gasteiger partial charge in [-0.25, -0.2) is 4.98 Å². The monoisotopic (exact) mass is 368 g/mol. The van der Waals surface area contributed by atoms with Gasteiger partial charge >= 0.3 is 0 Å². The van der Waals surface area contributed by atoms with Crippen LogP contribution in [0.4, 0.5) is 0 Å². The Hall–Kier alpha value is -1.75. The zero-order chi connectivity index (χ0) is 16.4. The number of hydrogen-bond donors (Lipinski definition) is 0. The summed E-state index contributed by atoms with van der Waals surface area (Å²) in [6.07, 6.45) is 1.49. The lowest BCUT2D eigenvalue weighted by Crippen LogP contribution is -2.23. The SMILES string of the molecule is O=c1c2cc(Cl)ccc2ncn1CCOc1ccc(Cl)cc1Cl. The molecule has 0 N–H and O–H groups in total. The fourth-order valence-electron chi connectivity index (χ4n) is 2.14. The van der Waals surface area contributed by atoms with Gasteiger partial charge in [-0.05, 0) is 36.4 Å². The van der Waals surface area contributed by atoms with Crippen molar-refractivity contribution >= 4 is 45.7 Å². The van der Waals surface area contributed by atoms with E-state index in [1.54, 1.807) is 36.4 Å². The van der Waals surface area contributed by atoms with Crippen molar-refractivity contribution in [2.45, 2.75) is 6.54 Å². The minimum absolute atomic E-state index is 0.164. The molecule has 7 heteroatoms. The molecule has 0 atom stereocenters. The van der Waals surface area contributed by atoms with Crippen molar-refractivity contribution in [3.63, 3.8) is 0 Å². The lowest BCUT2D eigenvalue weighted by atomic mass is 10.2. The van der Waals surface area contributed by atoms with Crippen molar-refractivity contribution in [3.8, 4) is 5.75 Å². The summed E-state index contributed by atoms with van der Waals surface area (Å²) in [6.45, 7) is 0.613. The largest absolute Gasteiger partial charge is 0.490 e. The van der Waals surface area contributed by atoms with E-state index in [0.717, 1.165) is 0 Å². The first-order valence-corrected chi connectivity index (χ1v) is 7.90. The van der Waals surface area contributed by atoms with Crippen LogP contribution >= 0.6 is 34.8 Å². The van der Waals surface area contributed by atoms with E-state index < -0.39 is 0 Å². The van der Waals surface area contributed by atoms with Gasteiger partial charge in [-0.2, -0.15) is 0 Å². The smallest absolute Gasteiger partial charge is 0.261 e. The number of aromatic nitrogens is 2. The van der Waals surface area contributed by atoms with Gasteiger partial charge in [0.1, 0.15) is 12.4 Å². The fraction of sp³-hybridized carbons (Fsp3) is 0.125. The molecular formula is C16H11Cl3N2O2. The molecule has 0 saturated carbocycles. The molecule has 2 aromatic carbocycles. The zero-order valence-electron chi connectivity index (χ0n) is 11.8. The Morgan fingerprint density at radius 3 is 2.57 bits per heavy atom. The first-order chi connectivity index (χ1) is 11.0. The first-order valence-electron chi connectivity index (χ1n) is 6.77.